The second kappa shape index (κ2) is 6.60. The van der Waals surface area contributed by atoms with E-state index in [1.165, 1.54) is 0 Å². The van der Waals surface area contributed by atoms with Crippen LogP contribution in [0.4, 0.5) is 0 Å². The molecule has 0 rings (SSSR count). The van der Waals surface area contributed by atoms with Gasteiger partial charge in [0.25, 0.3) is 0 Å². The van der Waals surface area contributed by atoms with Crippen LogP contribution in [0.2, 0.25) is 6.04 Å². The van der Waals surface area contributed by atoms with Crippen LogP contribution in [-0.4, -0.2) is 42.1 Å². The lowest BCUT2D eigenvalue weighted by Gasteiger charge is -2.24. The highest BCUT2D eigenvalue weighted by atomic mass is 28.3. The van der Waals surface area contributed by atoms with Gasteiger partial charge in [-0.05, 0) is 0 Å². The van der Waals surface area contributed by atoms with Gasteiger partial charge in [-0.25, -0.2) is 0 Å². The summed E-state index contributed by atoms with van der Waals surface area (Å²) in [6.07, 6.45) is 3.28. The number of aliphatic hydroxyl groups excluding tert-OH is 3. The summed E-state index contributed by atoms with van der Waals surface area (Å²) in [5.41, 5.74) is 0. The molecular formula is C8H20O3Si. The Bertz CT molecular complexity index is 96.2. The lowest BCUT2D eigenvalue weighted by atomic mass is 10.3. The average Bonchev–Trinajstić information content (AvgIpc) is 2.14. The van der Waals surface area contributed by atoms with Crippen molar-refractivity contribution in [2.75, 3.05) is 18.7 Å². The topological polar surface area (TPSA) is 60.7 Å². The highest BCUT2D eigenvalue weighted by Crippen LogP contribution is 2.13. The monoisotopic (exact) mass is 192 g/mol. The van der Waals surface area contributed by atoms with Gasteiger partial charge in [-0.3, -0.25) is 0 Å². The molecule has 0 spiro atoms. The fraction of sp³-hybridized carbons (Fsp3) is 1.00. The highest BCUT2D eigenvalue weighted by molar-refractivity contribution is 6.79. The first-order valence-electron chi connectivity index (χ1n) is 4.57. The van der Waals surface area contributed by atoms with Crippen molar-refractivity contribution in [3.8, 4) is 0 Å². The molecule has 0 amide bonds. The molecule has 0 aromatic heterocycles. The molecule has 0 aromatic carbocycles. The van der Waals surface area contributed by atoms with Crippen molar-refractivity contribution in [2.24, 2.45) is 0 Å². The minimum absolute atomic E-state index is 0.00368. The normalized spacial score (nSPS) is 12.0. The Hall–Kier alpha value is 0.0969. The molecule has 0 atom stereocenters. The zero-order valence-corrected chi connectivity index (χ0v) is 8.79. The van der Waals surface area contributed by atoms with Crippen LogP contribution in [0.25, 0.3) is 0 Å². The Balaban J connectivity index is 3.76. The summed E-state index contributed by atoms with van der Waals surface area (Å²) in [7, 11) is -2.09. The molecule has 0 aliphatic rings. The molecule has 0 bridgehead atoms. The maximum Gasteiger partial charge on any atom is 0.139 e. The second-order valence-electron chi connectivity index (χ2n) is 3.43. The SMILES string of the molecule is CCCCC[Si](CO)(CO)CO. The summed E-state index contributed by atoms with van der Waals surface area (Å²) in [6.45, 7) is 2.11. The third-order valence-electron chi connectivity index (χ3n) is 2.32. The van der Waals surface area contributed by atoms with E-state index < -0.39 is 8.07 Å². The van der Waals surface area contributed by atoms with Crippen LogP contribution < -0.4 is 0 Å². The molecule has 0 unspecified atom stereocenters. The fourth-order valence-corrected chi connectivity index (χ4v) is 2.91. The number of hydrogen-bond donors (Lipinski definition) is 3. The van der Waals surface area contributed by atoms with E-state index in [2.05, 4.69) is 6.92 Å². The lowest BCUT2D eigenvalue weighted by molar-refractivity contribution is 0.286. The third kappa shape index (κ3) is 3.67. The van der Waals surface area contributed by atoms with Crippen molar-refractivity contribution < 1.29 is 15.3 Å². The molecule has 0 saturated heterocycles. The molecule has 0 aliphatic heterocycles. The molecule has 12 heavy (non-hydrogen) atoms. The Morgan fingerprint density at radius 2 is 1.42 bits per heavy atom. The van der Waals surface area contributed by atoms with E-state index in [-0.39, 0.29) is 18.7 Å². The van der Waals surface area contributed by atoms with Gasteiger partial charge in [0.15, 0.2) is 0 Å². The van der Waals surface area contributed by atoms with Crippen LogP contribution in [0, 0.1) is 0 Å². The molecule has 0 fully saturated rings. The molecule has 4 heteroatoms. The average molecular weight is 192 g/mol. The van der Waals surface area contributed by atoms with E-state index in [1.54, 1.807) is 0 Å². The summed E-state index contributed by atoms with van der Waals surface area (Å²) in [5.74, 6) is 0. The Morgan fingerprint density at radius 3 is 1.75 bits per heavy atom. The third-order valence-corrected chi connectivity index (χ3v) is 5.74. The molecule has 74 valence electrons. The van der Waals surface area contributed by atoms with E-state index >= 15 is 0 Å². The maximum absolute atomic E-state index is 9.02. The standard InChI is InChI=1S/C8H20O3Si/c1-2-3-4-5-12(6-9,7-10)8-11/h9-11H,2-8H2,1H3. The van der Waals surface area contributed by atoms with Gasteiger partial charge in [-0.1, -0.05) is 32.2 Å². The van der Waals surface area contributed by atoms with Gasteiger partial charge >= 0.3 is 0 Å². The van der Waals surface area contributed by atoms with Gasteiger partial charge < -0.3 is 15.3 Å². The van der Waals surface area contributed by atoms with Crippen molar-refractivity contribution in [3.63, 3.8) is 0 Å². The first-order chi connectivity index (χ1) is 5.74. The Kier molecular flexibility index (Phi) is 6.65. The molecule has 3 nitrogen and oxygen atoms in total. The van der Waals surface area contributed by atoms with Crippen molar-refractivity contribution in [1.82, 2.24) is 0 Å². The first kappa shape index (κ1) is 12.1. The fourth-order valence-electron chi connectivity index (χ4n) is 1.14. The van der Waals surface area contributed by atoms with Crippen molar-refractivity contribution in [2.45, 2.75) is 32.2 Å². The van der Waals surface area contributed by atoms with Gasteiger partial charge in [0.05, 0.1) is 0 Å². The second-order valence-corrected chi connectivity index (χ2v) is 7.88. The molecule has 0 aromatic rings. The summed E-state index contributed by atoms with van der Waals surface area (Å²) in [6, 6.07) is 0.838. The molecule has 0 aliphatic carbocycles. The van der Waals surface area contributed by atoms with E-state index in [0.717, 1.165) is 25.3 Å². The largest absolute Gasteiger partial charge is 0.399 e. The van der Waals surface area contributed by atoms with Gasteiger partial charge in [0.1, 0.15) is 8.07 Å². The van der Waals surface area contributed by atoms with Crippen LogP contribution in [0.5, 0.6) is 0 Å². The van der Waals surface area contributed by atoms with Crippen LogP contribution in [0.15, 0.2) is 0 Å². The molecular weight excluding hydrogens is 172 g/mol. The molecule has 3 N–H and O–H groups in total. The van der Waals surface area contributed by atoms with Gasteiger partial charge in [-0.15, -0.1) is 0 Å². The van der Waals surface area contributed by atoms with E-state index in [4.69, 9.17) is 15.3 Å². The highest BCUT2D eigenvalue weighted by Gasteiger charge is 2.30. The van der Waals surface area contributed by atoms with Gasteiger partial charge in [-0.2, -0.15) is 0 Å². The van der Waals surface area contributed by atoms with Crippen LogP contribution in [-0.2, 0) is 0 Å². The number of rotatable bonds is 7. The number of unbranched alkanes of at least 4 members (excludes halogenated alkanes) is 2. The summed E-state index contributed by atoms with van der Waals surface area (Å²) in [4.78, 5) is 0. The number of hydrogen-bond acceptors (Lipinski definition) is 3. The zero-order valence-electron chi connectivity index (χ0n) is 7.79. The van der Waals surface area contributed by atoms with E-state index in [0.29, 0.717) is 0 Å². The minimum Gasteiger partial charge on any atom is -0.399 e. The molecule has 0 radical (unpaired) electrons. The van der Waals surface area contributed by atoms with Gasteiger partial charge in [0.2, 0.25) is 0 Å². The smallest absolute Gasteiger partial charge is 0.139 e. The van der Waals surface area contributed by atoms with Crippen LogP contribution in [0.3, 0.4) is 0 Å². The van der Waals surface area contributed by atoms with Crippen molar-refractivity contribution >= 4 is 8.07 Å². The Labute approximate surface area is 75.1 Å². The maximum atomic E-state index is 9.02. The lowest BCUT2D eigenvalue weighted by Crippen LogP contribution is -2.48. The number of aliphatic hydroxyl groups is 3. The van der Waals surface area contributed by atoms with Crippen molar-refractivity contribution in [1.29, 1.82) is 0 Å². The predicted molar refractivity (Wildman–Crippen MR) is 51.3 cm³/mol. The van der Waals surface area contributed by atoms with Gasteiger partial charge in [0, 0.05) is 18.7 Å². The summed E-state index contributed by atoms with van der Waals surface area (Å²) >= 11 is 0. The zero-order chi connectivity index (χ0) is 9.45. The van der Waals surface area contributed by atoms with E-state index in [1.807, 2.05) is 0 Å². The summed E-state index contributed by atoms with van der Waals surface area (Å²) in [5, 5.41) is 27.1. The molecule has 0 heterocycles. The summed E-state index contributed by atoms with van der Waals surface area (Å²) < 4.78 is 0. The Morgan fingerprint density at radius 1 is 0.917 bits per heavy atom. The minimum atomic E-state index is -2.09. The van der Waals surface area contributed by atoms with Crippen LogP contribution >= 0.6 is 0 Å². The molecule has 0 saturated carbocycles. The predicted octanol–water partition coefficient (Wildman–Crippen LogP) is 0.220. The van der Waals surface area contributed by atoms with Crippen LogP contribution in [0.1, 0.15) is 26.2 Å². The van der Waals surface area contributed by atoms with E-state index in [9.17, 15) is 0 Å². The first-order valence-corrected chi connectivity index (χ1v) is 7.40. The van der Waals surface area contributed by atoms with Crippen molar-refractivity contribution in [3.05, 3.63) is 0 Å². The quantitative estimate of drug-likeness (QED) is 0.399.